The number of hydrogen-bond donors (Lipinski definition) is 0. The predicted octanol–water partition coefficient (Wildman–Crippen LogP) is 1.12. The van der Waals surface area contributed by atoms with Crippen LogP contribution < -0.4 is 4.74 Å². The molecular weight excluding hydrogens is 294 g/mol. The molecule has 0 bridgehead atoms. The van der Waals surface area contributed by atoms with E-state index in [1.807, 2.05) is 6.92 Å². The molecule has 116 valence electrons. The zero-order valence-corrected chi connectivity index (χ0v) is 13.1. The number of benzene rings is 1. The van der Waals surface area contributed by atoms with Crippen LogP contribution in [0.1, 0.15) is 6.92 Å². The fourth-order valence-electron chi connectivity index (χ4n) is 2.47. The molecule has 1 fully saturated rings. The first-order chi connectivity index (χ1) is 9.90. The van der Waals surface area contributed by atoms with Crippen LogP contribution in [0, 0.1) is 11.8 Å². The maximum atomic E-state index is 12.6. The molecule has 7 heteroatoms. The lowest BCUT2D eigenvalue weighted by molar-refractivity contribution is -0.145. The van der Waals surface area contributed by atoms with Gasteiger partial charge in [0.25, 0.3) is 0 Å². The molecule has 0 radical (unpaired) electrons. The van der Waals surface area contributed by atoms with E-state index in [9.17, 15) is 13.2 Å². The fourth-order valence-corrected chi connectivity index (χ4v) is 4.04. The highest BCUT2D eigenvalue weighted by Gasteiger charge is 2.41. The van der Waals surface area contributed by atoms with Crippen molar-refractivity contribution in [3.05, 3.63) is 24.3 Å². The third-order valence-electron chi connectivity index (χ3n) is 3.78. The third kappa shape index (κ3) is 3.03. The first-order valence-corrected chi connectivity index (χ1v) is 8.06. The maximum absolute atomic E-state index is 12.6. The van der Waals surface area contributed by atoms with Gasteiger partial charge < -0.3 is 9.47 Å². The van der Waals surface area contributed by atoms with E-state index in [4.69, 9.17) is 9.47 Å². The minimum absolute atomic E-state index is 0.0644. The topological polar surface area (TPSA) is 72.9 Å². The molecule has 0 N–H and O–H groups in total. The molecule has 1 saturated heterocycles. The highest BCUT2D eigenvalue weighted by atomic mass is 32.2. The van der Waals surface area contributed by atoms with E-state index < -0.39 is 15.9 Å². The quantitative estimate of drug-likeness (QED) is 0.779. The van der Waals surface area contributed by atoms with Crippen molar-refractivity contribution in [3.63, 3.8) is 0 Å². The van der Waals surface area contributed by atoms with Crippen molar-refractivity contribution >= 4 is 16.0 Å². The Hall–Kier alpha value is -1.60. The van der Waals surface area contributed by atoms with Crippen LogP contribution in [-0.4, -0.2) is 46.0 Å². The van der Waals surface area contributed by atoms with Gasteiger partial charge in [0.05, 0.1) is 25.0 Å². The summed E-state index contributed by atoms with van der Waals surface area (Å²) < 4.78 is 36.2. The standard InChI is InChI=1S/C14H19NO5S/c1-10-8-15(9-13(10)14(16)20-3)21(17,18)12-6-4-11(19-2)5-7-12/h4-7,10,13H,8-9H2,1-3H3. The van der Waals surface area contributed by atoms with Gasteiger partial charge >= 0.3 is 5.97 Å². The van der Waals surface area contributed by atoms with E-state index in [1.54, 1.807) is 12.1 Å². The maximum Gasteiger partial charge on any atom is 0.310 e. The Morgan fingerprint density at radius 2 is 1.81 bits per heavy atom. The smallest absolute Gasteiger partial charge is 0.310 e. The van der Waals surface area contributed by atoms with Crippen LogP contribution >= 0.6 is 0 Å². The number of sulfonamides is 1. The lowest BCUT2D eigenvalue weighted by atomic mass is 9.99. The molecule has 2 rings (SSSR count). The minimum atomic E-state index is -3.60. The molecule has 6 nitrogen and oxygen atoms in total. The number of carbonyl (C=O) groups is 1. The second kappa shape index (κ2) is 6.03. The first-order valence-electron chi connectivity index (χ1n) is 6.62. The van der Waals surface area contributed by atoms with Gasteiger partial charge in [0.2, 0.25) is 10.0 Å². The molecule has 0 aliphatic carbocycles. The summed E-state index contributed by atoms with van der Waals surface area (Å²) in [6.07, 6.45) is 0. The Bertz CT molecular complexity index is 611. The van der Waals surface area contributed by atoms with Crippen LogP contribution in [0.15, 0.2) is 29.2 Å². The summed E-state index contributed by atoms with van der Waals surface area (Å²) in [6.45, 7) is 2.32. The minimum Gasteiger partial charge on any atom is -0.497 e. The Labute approximate surface area is 124 Å². The summed E-state index contributed by atoms with van der Waals surface area (Å²) in [5, 5.41) is 0. The number of carbonyl (C=O) groups excluding carboxylic acids is 1. The summed E-state index contributed by atoms with van der Waals surface area (Å²) in [5.41, 5.74) is 0. The summed E-state index contributed by atoms with van der Waals surface area (Å²) in [6, 6.07) is 6.21. The number of hydrogen-bond acceptors (Lipinski definition) is 5. The summed E-state index contributed by atoms with van der Waals surface area (Å²) >= 11 is 0. The zero-order valence-electron chi connectivity index (χ0n) is 12.3. The van der Waals surface area contributed by atoms with Crippen molar-refractivity contribution in [1.82, 2.24) is 4.31 Å². The van der Waals surface area contributed by atoms with Crippen LogP contribution in [0.4, 0.5) is 0 Å². The second-order valence-corrected chi connectivity index (χ2v) is 7.04. The van der Waals surface area contributed by atoms with Crippen molar-refractivity contribution in [3.8, 4) is 5.75 Å². The van der Waals surface area contributed by atoms with Crippen molar-refractivity contribution in [1.29, 1.82) is 0 Å². The van der Waals surface area contributed by atoms with Crippen molar-refractivity contribution in [2.24, 2.45) is 11.8 Å². The van der Waals surface area contributed by atoms with E-state index in [0.29, 0.717) is 12.3 Å². The van der Waals surface area contributed by atoms with E-state index in [1.165, 1.54) is 30.7 Å². The molecule has 0 spiro atoms. The average molecular weight is 313 g/mol. The number of methoxy groups -OCH3 is 2. The Kier molecular flexibility index (Phi) is 4.53. The van der Waals surface area contributed by atoms with Gasteiger partial charge in [0.1, 0.15) is 5.75 Å². The van der Waals surface area contributed by atoms with Gasteiger partial charge in [-0.15, -0.1) is 0 Å². The Morgan fingerprint density at radius 1 is 1.19 bits per heavy atom. The SMILES string of the molecule is COC(=O)C1CN(S(=O)(=O)c2ccc(OC)cc2)CC1C. The molecule has 1 aliphatic rings. The molecule has 21 heavy (non-hydrogen) atoms. The van der Waals surface area contributed by atoms with Crippen molar-refractivity contribution in [2.75, 3.05) is 27.3 Å². The van der Waals surface area contributed by atoms with Gasteiger partial charge in [0, 0.05) is 13.1 Å². The molecule has 2 unspecified atom stereocenters. The van der Waals surface area contributed by atoms with Gasteiger partial charge in [-0.05, 0) is 30.2 Å². The van der Waals surface area contributed by atoms with E-state index in [0.717, 1.165) is 0 Å². The molecule has 1 aliphatic heterocycles. The first kappa shape index (κ1) is 15.8. The predicted molar refractivity (Wildman–Crippen MR) is 76.4 cm³/mol. The third-order valence-corrected chi connectivity index (χ3v) is 5.63. The van der Waals surface area contributed by atoms with Crippen LogP contribution in [-0.2, 0) is 19.6 Å². The van der Waals surface area contributed by atoms with Gasteiger partial charge in [0.15, 0.2) is 0 Å². The normalized spacial score (nSPS) is 23.0. The zero-order chi connectivity index (χ0) is 15.6. The summed E-state index contributed by atoms with van der Waals surface area (Å²) in [4.78, 5) is 11.9. The molecule has 0 saturated carbocycles. The lowest BCUT2D eigenvalue weighted by Crippen LogP contribution is -2.30. The number of esters is 1. The van der Waals surface area contributed by atoms with E-state index >= 15 is 0 Å². The van der Waals surface area contributed by atoms with Crippen molar-refractivity contribution < 1.29 is 22.7 Å². The Balaban J connectivity index is 2.22. The second-order valence-electron chi connectivity index (χ2n) is 5.10. The van der Waals surface area contributed by atoms with Gasteiger partial charge in [-0.3, -0.25) is 4.79 Å². The number of ether oxygens (including phenoxy) is 2. The number of rotatable bonds is 4. The molecule has 1 heterocycles. The van der Waals surface area contributed by atoms with E-state index in [2.05, 4.69) is 0 Å². The average Bonchev–Trinajstić information content (AvgIpc) is 2.89. The van der Waals surface area contributed by atoms with Crippen LogP contribution in [0.3, 0.4) is 0 Å². The monoisotopic (exact) mass is 313 g/mol. The molecule has 1 aromatic carbocycles. The molecule has 0 amide bonds. The molecule has 0 aromatic heterocycles. The highest BCUT2D eigenvalue weighted by molar-refractivity contribution is 7.89. The van der Waals surface area contributed by atoms with Crippen LogP contribution in [0.25, 0.3) is 0 Å². The van der Waals surface area contributed by atoms with Crippen LogP contribution in [0.2, 0.25) is 0 Å². The number of nitrogens with zero attached hydrogens (tertiary/aromatic N) is 1. The fraction of sp³-hybridized carbons (Fsp3) is 0.500. The molecule has 2 atom stereocenters. The summed E-state index contributed by atoms with van der Waals surface area (Å²) in [7, 11) is -0.766. The largest absolute Gasteiger partial charge is 0.497 e. The Morgan fingerprint density at radius 3 is 2.33 bits per heavy atom. The molecule has 1 aromatic rings. The van der Waals surface area contributed by atoms with Gasteiger partial charge in [-0.1, -0.05) is 6.92 Å². The summed E-state index contributed by atoms with van der Waals surface area (Å²) in [5.74, 6) is -0.250. The lowest BCUT2D eigenvalue weighted by Gasteiger charge is -2.16. The highest BCUT2D eigenvalue weighted by Crippen LogP contribution is 2.29. The van der Waals surface area contributed by atoms with Gasteiger partial charge in [-0.25, -0.2) is 8.42 Å². The van der Waals surface area contributed by atoms with E-state index in [-0.39, 0.29) is 23.3 Å². The molecular formula is C14H19NO5S. The van der Waals surface area contributed by atoms with Crippen molar-refractivity contribution in [2.45, 2.75) is 11.8 Å². The van der Waals surface area contributed by atoms with Gasteiger partial charge in [-0.2, -0.15) is 4.31 Å². The van der Waals surface area contributed by atoms with Crippen LogP contribution in [0.5, 0.6) is 5.75 Å².